The van der Waals surface area contributed by atoms with E-state index in [0.29, 0.717) is 19.6 Å². The highest BCUT2D eigenvalue weighted by atomic mass is 16.7. The molecule has 0 aliphatic carbocycles. The van der Waals surface area contributed by atoms with Crippen LogP contribution in [-0.2, 0) is 16.1 Å². The molecule has 0 spiro atoms. The number of hydrogen-bond donors (Lipinski definition) is 1. The zero-order chi connectivity index (χ0) is 15.6. The van der Waals surface area contributed by atoms with Gasteiger partial charge in [0, 0.05) is 5.92 Å². The minimum absolute atomic E-state index is 0.122. The summed E-state index contributed by atoms with van der Waals surface area (Å²) in [6.07, 6.45) is 0.691. The van der Waals surface area contributed by atoms with Gasteiger partial charge in [-0.3, -0.25) is 9.63 Å². The van der Waals surface area contributed by atoms with Crippen LogP contribution in [0.15, 0.2) is 60.7 Å². The van der Waals surface area contributed by atoms with Crippen LogP contribution in [0.2, 0.25) is 0 Å². The van der Waals surface area contributed by atoms with E-state index >= 15 is 0 Å². The monoisotopic (exact) mass is 299 g/mol. The van der Waals surface area contributed by atoms with Gasteiger partial charge in [-0.25, -0.2) is 5.48 Å². The molecule has 0 bridgehead atoms. The zero-order valence-corrected chi connectivity index (χ0v) is 12.7. The van der Waals surface area contributed by atoms with Gasteiger partial charge in [0.2, 0.25) is 5.91 Å². The molecule has 0 aromatic heterocycles. The van der Waals surface area contributed by atoms with Gasteiger partial charge in [-0.05, 0) is 24.1 Å². The first-order valence-electron chi connectivity index (χ1n) is 7.39. The van der Waals surface area contributed by atoms with Gasteiger partial charge in [-0.15, -0.1) is 0 Å². The lowest BCUT2D eigenvalue weighted by Gasteiger charge is -2.12. The highest BCUT2D eigenvalue weighted by Gasteiger charge is 2.13. The normalized spacial score (nSPS) is 11.7. The lowest BCUT2D eigenvalue weighted by Crippen LogP contribution is -2.31. The van der Waals surface area contributed by atoms with E-state index in [-0.39, 0.29) is 11.8 Å². The summed E-state index contributed by atoms with van der Waals surface area (Å²) < 4.78 is 5.47. The number of para-hydroxylation sites is 1. The number of carbonyl (C=O) groups is 1. The van der Waals surface area contributed by atoms with E-state index in [1.807, 2.05) is 67.6 Å². The maximum Gasteiger partial charge on any atom is 0.246 e. The molecule has 4 nitrogen and oxygen atoms in total. The summed E-state index contributed by atoms with van der Waals surface area (Å²) in [6, 6.07) is 19.4. The van der Waals surface area contributed by atoms with E-state index in [0.717, 1.165) is 11.3 Å². The Morgan fingerprint density at radius 2 is 1.64 bits per heavy atom. The Balaban J connectivity index is 1.61. The molecule has 0 aliphatic rings. The number of hydrogen-bond acceptors (Lipinski definition) is 3. The van der Waals surface area contributed by atoms with E-state index in [4.69, 9.17) is 9.57 Å². The third-order valence-electron chi connectivity index (χ3n) is 3.20. The summed E-state index contributed by atoms with van der Waals surface area (Å²) in [5.74, 6) is 0.524. The van der Waals surface area contributed by atoms with Crippen LogP contribution in [0, 0.1) is 5.92 Å². The SMILES string of the molecule is CC(Cc1ccccc1)C(=O)NOCCOc1ccccc1. The summed E-state index contributed by atoms with van der Waals surface area (Å²) in [5.41, 5.74) is 3.61. The molecule has 116 valence electrons. The second-order valence-corrected chi connectivity index (χ2v) is 5.07. The Kier molecular flexibility index (Phi) is 6.45. The molecule has 0 heterocycles. The molecule has 2 aromatic carbocycles. The maximum atomic E-state index is 11.9. The van der Waals surface area contributed by atoms with Crippen LogP contribution < -0.4 is 10.2 Å². The largest absolute Gasteiger partial charge is 0.491 e. The molecule has 22 heavy (non-hydrogen) atoms. The van der Waals surface area contributed by atoms with Crippen molar-refractivity contribution in [3.8, 4) is 5.75 Å². The molecule has 2 rings (SSSR count). The Morgan fingerprint density at radius 3 is 2.32 bits per heavy atom. The van der Waals surface area contributed by atoms with Crippen molar-refractivity contribution in [3.63, 3.8) is 0 Å². The van der Waals surface area contributed by atoms with Crippen LogP contribution in [0.1, 0.15) is 12.5 Å². The number of hydroxylamine groups is 1. The predicted octanol–water partition coefficient (Wildman–Crippen LogP) is 2.99. The predicted molar refractivity (Wildman–Crippen MR) is 85.3 cm³/mol. The molecule has 0 fully saturated rings. The van der Waals surface area contributed by atoms with Crippen LogP contribution in [0.5, 0.6) is 5.75 Å². The fourth-order valence-electron chi connectivity index (χ4n) is 2.00. The number of rotatable bonds is 8. The van der Waals surface area contributed by atoms with Crippen molar-refractivity contribution in [1.82, 2.24) is 5.48 Å². The van der Waals surface area contributed by atoms with Crippen molar-refractivity contribution in [3.05, 3.63) is 66.2 Å². The number of carbonyl (C=O) groups excluding carboxylic acids is 1. The van der Waals surface area contributed by atoms with Crippen molar-refractivity contribution in [2.24, 2.45) is 5.92 Å². The molecule has 1 unspecified atom stereocenters. The van der Waals surface area contributed by atoms with Crippen molar-refractivity contribution >= 4 is 5.91 Å². The smallest absolute Gasteiger partial charge is 0.246 e. The number of benzene rings is 2. The van der Waals surface area contributed by atoms with Gasteiger partial charge in [0.05, 0.1) is 0 Å². The summed E-state index contributed by atoms with van der Waals surface area (Å²) in [7, 11) is 0. The second-order valence-electron chi connectivity index (χ2n) is 5.07. The molecule has 0 radical (unpaired) electrons. The second kappa shape index (κ2) is 8.85. The Bertz CT molecular complexity index is 557. The van der Waals surface area contributed by atoms with Gasteiger partial charge >= 0.3 is 0 Å². The molecular weight excluding hydrogens is 278 g/mol. The molecule has 0 saturated heterocycles. The number of amides is 1. The maximum absolute atomic E-state index is 11.9. The number of ether oxygens (including phenoxy) is 1. The van der Waals surface area contributed by atoms with Gasteiger partial charge in [0.15, 0.2) is 0 Å². The molecule has 2 aromatic rings. The standard InChI is InChI=1S/C18H21NO3/c1-15(14-16-8-4-2-5-9-16)18(20)19-22-13-12-21-17-10-6-3-7-11-17/h2-11,15H,12-14H2,1H3,(H,19,20). The van der Waals surface area contributed by atoms with E-state index in [9.17, 15) is 4.79 Å². The first kappa shape index (κ1) is 16.0. The lowest BCUT2D eigenvalue weighted by molar-refractivity contribution is -0.137. The first-order chi connectivity index (χ1) is 10.8. The van der Waals surface area contributed by atoms with Crippen LogP contribution in [0.3, 0.4) is 0 Å². The van der Waals surface area contributed by atoms with Gasteiger partial charge in [0.1, 0.15) is 19.0 Å². The molecule has 1 atom stereocenters. The summed E-state index contributed by atoms with van der Waals surface area (Å²) in [4.78, 5) is 17.1. The van der Waals surface area contributed by atoms with Gasteiger partial charge < -0.3 is 4.74 Å². The molecular formula is C18H21NO3. The van der Waals surface area contributed by atoms with E-state index in [2.05, 4.69) is 5.48 Å². The average Bonchev–Trinajstić information content (AvgIpc) is 2.56. The van der Waals surface area contributed by atoms with E-state index in [1.54, 1.807) is 0 Å². The van der Waals surface area contributed by atoms with E-state index < -0.39 is 0 Å². The van der Waals surface area contributed by atoms with Crippen LogP contribution in [-0.4, -0.2) is 19.1 Å². The summed E-state index contributed by atoms with van der Waals surface area (Å²) in [6.45, 7) is 2.57. The molecule has 1 amide bonds. The minimum atomic E-state index is -0.141. The van der Waals surface area contributed by atoms with Crippen LogP contribution >= 0.6 is 0 Å². The van der Waals surface area contributed by atoms with Crippen molar-refractivity contribution in [1.29, 1.82) is 0 Å². The van der Waals surface area contributed by atoms with Crippen molar-refractivity contribution < 1.29 is 14.4 Å². The van der Waals surface area contributed by atoms with Crippen LogP contribution in [0.4, 0.5) is 0 Å². The molecule has 4 heteroatoms. The number of nitrogens with one attached hydrogen (secondary N) is 1. The van der Waals surface area contributed by atoms with Crippen molar-refractivity contribution in [2.45, 2.75) is 13.3 Å². The fraction of sp³-hybridized carbons (Fsp3) is 0.278. The average molecular weight is 299 g/mol. The molecule has 0 aliphatic heterocycles. The highest BCUT2D eigenvalue weighted by molar-refractivity contribution is 5.77. The van der Waals surface area contributed by atoms with Crippen molar-refractivity contribution in [2.75, 3.05) is 13.2 Å². The highest BCUT2D eigenvalue weighted by Crippen LogP contribution is 2.09. The topological polar surface area (TPSA) is 47.6 Å². The Labute approximate surface area is 131 Å². The third-order valence-corrected chi connectivity index (χ3v) is 3.20. The minimum Gasteiger partial charge on any atom is -0.491 e. The first-order valence-corrected chi connectivity index (χ1v) is 7.39. The zero-order valence-electron chi connectivity index (χ0n) is 12.7. The third kappa shape index (κ3) is 5.58. The Hall–Kier alpha value is -2.33. The van der Waals surface area contributed by atoms with Gasteiger partial charge in [-0.1, -0.05) is 55.5 Å². The fourth-order valence-corrected chi connectivity index (χ4v) is 2.00. The van der Waals surface area contributed by atoms with Gasteiger partial charge in [0.25, 0.3) is 0 Å². The Morgan fingerprint density at radius 1 is 1.00 bits per heavy atom. The molecule has 1 N–H and O–H groups in total. The lowest BCUT2D eigenvalue weighted by atomic mass is 10.0. The molecule has 0 saturated carbocycles. The van der Waals surface area contributed by atoms with Crippen LogP contribution in [0.25, 0.3) is 0 Å². The summed E-state index contributed by atoms with van der Waals surface area (Å²) in [5, 5.41) is 0. The van der Waals surface area contributed by atoms with Gasteiger partial charge in [-0.2, -0.15) is 0 Å². The quantitative estimate of drug-likeness (QED) is 0.602. The summed E-state index contributed by atoms with van der Waals surface area (Å²) >= 11 is 0. The van der Waals surface area contributed by atoms with E-state index in [1.165, 1.54) is 0 Å².